The van der Waals surface area contributed by atoms with Crippen LogP contribution in [0.2, 0.25) is 0 Å². The molecule has 0 spiro atoms. The highest BCUT2D eigenvalue weighted by Crippen LogP contribution is 2.35. The van der Waals surface area contributed by atoms with Crippen molar-refractivity contribution in [1.29, 1.82) is 0 Å². The molecule has 6 heteroatoms. The smallest absolute Gasteiger partial charge is 0.244 e. The molecule has 0 aromatic carbocycles. The fourth-order valence-corrected chi connectivity index (χ4v) is 3.84. The summed E-state index contributed by atoms with van der Waals surface area (Å²) in [5, 5.41) is 3.45. The van der Waals surface area contributed by atoms with Gasteiger partial charge in [-0.1, -0.05) is 6.92 Å². The number of nitrogens with one attached hydrogen (secondary N) is 1. The van der Waals surface area contributed by atoms with Crippen LogP contribution in [0.15, 0.2) is 12.1 Å². The second kappa shape index (κ2) is 6.18. The molecular weight excluding hydrogens is 304 g/mol. The molecule has 2 heterocycles. The summed E-state index contributed by atoms with van der Waals surface area (Å²) in [6.45, 7) is 8.49. The number of rotatable bonds is 5. The number of aryl methyl sites for hydroxylation is 1. The molecule has 1 aliphatic heterocycles. The minimum absolute atomic E-state index is 0.0292. The van der Waals surface area contributed by atoms with Crippen LogP contribution in [0.4, 0.5) is 0 Å². The highest BCUT2D eigenvalue weighted by molar-refractivity contribution is 7.84. The molecule has 118 valence electrons. The molecule has 1 aliphatic rings. The Morgan fingerprint density at radius 2 is 2.19 bits per heavy atom. The van der Waals surface area contributed by atoms with Crippen molar-refractivity contribution in [2.24, 2.45) is 0 Å². The summed E-state index contributed by atoms with van der Waals surface area (Å²) < 4.78 is 11.7. The van der Waals surface area contributed by atoms with Crippen molar-refractivity contribution < 1.29 is 9.00 Å². The Balaban J connectivity index is 2.31. The van der Waals surface area contributed by atoms with Crippen molar-refractivity contribution >= 4 is 28.0 Å². The first-order chi connectivity index (χ1) is 9.78. The minimum Gasteiger partial charge on any atom is -0.319 e. The third-order valence-electron chi connectivity index (χ3n) is 4.26. The first-order valence-corrected chi connectivity index (χ1v) is 9.69. The van der Waals surface area contributed by atoms with Crippen molar-refractivity contribution in [1.82, 2.24) is 10.2 Å². The van der Waals surface area contributed by atoms with Gasteiger partial charge < -0.3 is 4.90 Å². The Labute approximate surface area is 133 Å². The Morgan fingerprint density at radius 1 is 1.52 bits per heavy atom. The number of hydrogen-bond donors (Lipinski definition) is 1. The van der Waals surface area contributed by atoms with Crippen LogP contribution >= 0.6 is 11.3 Å². The van der Waals surface area contributed by atoms with Gasteiger partial charge in [-0.25, -0.2) is 0 Å². The maximum atomic E-state index is 12.8. The van der Waals surface area contributed by atoms with Crippen molar-refractivity contribution in [3.05, 3.63) is 21.9 Å². The van der Waals surface area contributed by atoms with Gasteiger partial charge in [0, 0.05) is 38.6 Å². The molecule has 1 amide bonds. The number of nitrogens with zero attached hydrogens (tertiary/aromatic N) is 1. The third-order valence-corrected chi connectivity index (χ3v) is 6.59. The number of hydrogen-bond acceptors (Lipinski definition) is 4. The lowest BCUT2D eigenvalue weighted by molar-refractivity contribution is -0.132. The first kappa shape index (κ1) is 16.6. The summed E-state index contributed by atoms with van der Waals surface area (Å²) in [5.74, 6) is 0.110. The number of amides is 1. The normalized spacial score (nSPS) is 28.9. The Morgan fingerprint density at radius 3 is 2.67 bits per heavy atom. The van der Waals surface area contributed by atoms with E-state index in [0.29, 0.717) is 6.54 Å². The largest absolute Gasteiger partial charge is 0.319 e. The van der Waals surface area contributed by atoms with Crippen LogP contribution in [-0.4, -0.2) is 38.6 Å². The Bertz CT molecular complexity index is 558. The summed E-state index contributed by atoms with van der Waals surface area (Å²) in [6.07, 6.45) is 2.33. The van der Waals surface area contributed by atoms with Gasteiger partial charge >= 0.3 is 0 Å². The molecule has 0 bridgehead atoms. The van der Waals surface area contributed by atoms with E-state index in [1.54, 1.807) is 17.6 Å². The van der Waals surface area contributed by atoms with Gasteiger partial charge in [0.05, 0.1) is 5.54 Å². The lowest BCUT2D eigenvalue weighted by Gasteiger charge is -2.25. The van der Waals surface area contributed by atoms with E-state index >= 15 is 0 Å². The molecule has 2 rings (SSSR count). The van der Waals surface area contributed by atoms with Gasteiger partial charge in [0.15, 0.2) is 0 Å². The molecule has 0 aliphatic carbocycles. The summed E-state index contributed by atoms with van der Waals surface area (Å²) in [4.78, 5) is 17.0. The number of thiophene rings is 1. The molecule has 4 atom stereocenters. The summed E-state index contributed by atoms with van der Waals surface area (Å²) >= 11 is 1.71. The molecular formula is C15H24N2O2S2. The maximum absolute atomic E-state index is 12.8. The zero-order valence-electron chi connectivity index (χ0n) is 13.3. The van der Waals surface area contributed by atoms with Gasteiger partial charge in [-0.15, -0.1) is 11.3 Å². The van der Waals surface area contributed by atoms with E-state index in [4.69, 9.17) is 0 Å². The fourth-order valence-electron chi connectivity index (χ4n) is 2.52. The summed E-state index contributed by atoms with van der Waals surface area (Å²) in [6, 6.07) is 4.15. The Kier molecular flexibility index (Phi) is 4.90. The third kappa shape index (κ3) is 3.22. The lowest BCUT2D eigenvalue weighted by atomic mass is 9.99. The van der Waals surface area contributed by atoms with Crippen LogP contribution in [-0.2, 0) is 15.6 Å². The van der Waals surface area contributed by atoms with E-state index < -0.39 is 16.3 Å². The van der Waals surface area contributed by atoms with Gasteiger partial charge in [0.25, 0.3) is 0 Å². The first-order valence-electron chi connectivity index (χ1n) is 7.26. The van der Waals surface area contributed by atoms with E-state index in [0.717, 1.165) is 11.3 Å². The molecule has 0 radical (unpaired) electrons. The topological polar surface area (TPSA) is 49.4 Å². The van der Waals surface area contributed by atoms with Crippen LogP contribution in [0.5, 0.6) is 0 Å². The quantitative estimate of drug-likeness (QED) is 0.903. The van der Waals surface area contributed by atoms with Gasteiger partial charge in [0.2, 0.25) is 5.91 Å². The zero-order valence-corrected chi connectivity index (χ0v) is 14.9. The number of carbonyl (C=O) groups is 1. The van der Waals surface area contributed by atoms with E-state index in [9.17, 15) is 9.00 Å². The van der Waals surface area contributed by atoms with E-state index in [2.05, 4.69) is 24.4 Å². The van der Waals surface area contributed by atoms with E-state index in [1.807, 2.05) is 25.7 Å². The van der Waals surface area contributed by atoms with Crippen LogP contribution < -0.4 is 5.32 Å². The van der Waals surface area contributed by atoms with Crippen LogP contribution in [0.1, 0.15) is 43.1 Å². The van der Waals surface area contributed by atoms with Gasteiger partial charge in [-0.05, 0) is 39.3 Å². The summed E-state index contributed by atoms with van der Waals surface area (Å²) in [7, 11) is -0.932. The Hall–Kier alpha value is -0.720. The predicted octanol–water partition coefficient (Wildman–Crippen LogP) is 2.42. The van der Waals surface area contributed by atoms with Crippen molar-refractivity contribution in [2.45, 2.75) is 51.1 Å². The van der Waals surface area contributed by atoms with Gasteiger partial charge in [-0.2, -0.15) is 0 Å². The average Bonchev–Trinajstić information content (AvgIpc) is 2.96. The fraction of sp³-hybridized carbons (Fsp3) is 0.667. The lowest BCUT2D eigenvalue weighted by Crippen LogP contribution is -2.43. The molecule has 1 saturated heterocycles. The molecule has 4 nitrogen and oxygen atoms in total. The maximum Gasteiger partial charge on any atom is 0.244 e. The van der Waals surface area contributed by atoms with E-state index in [1.165, 1.54) is 4.88 Å². The van der Waals surface area contributed by atoms with Crippen molar-refractivity contribution in [3.8, 4) is 0 Å². The highest BCUT2D eigenvalue weighted by Gasteiger charge is 2.47. The van der Waals surface area contributed by atoms with Crippen LogP contribution in [0.3, 0.4) is 0 Å². The zero-order chi connectivity index (χ0) is 15.8. The summed E-state index contributed by atoms with van der Waals surface area (Å²) in [5.41, 5.74) is -0.530. The molecule has 1 aromatic rings. The molecule has 1 fully saturated rings. The van der Waals surface area contributed by atoms with E-state index in [-0.39, 0.29) is 17.3 Å². The second-order valence-electron chi connectivity index (χ2n) is 5.95. The SMILES string of the molecule is CCC1(C)NC(c2ccc(C)s2)N(CC(C)S(C)=O)C1=O. The van der Waals surface area contributed by atoms with Gasteiger partial charge in [0.1, 0.15) is 6.17 Å². The predicted molar refractivity (Wildman–Crippen MR) is 88.9 cm³/mol. The van der Waals surface area contributed by atoms with Crippen molar-refractivity contribution in [2.75, 3.05) is 12.8 Å². The minimum atomic E-state index is -0.932. The molecule has 1 N–H and O–H groups in total. The standard InChI is InChI=1S/C15H24N2O2S2/c1-6-15(4)14(18)17(9-11(3)21(5)19)13(16-15)12-8-7-10(2)20-12/h7-8,11,13,16H,6,9H2,1-5H3. The van der Waals surface area contributed by atoms with Crippen LogP contribution in [0, 0.1) is 6.92 Å². The molecule has 0 saturated carbocycles. The number of carbonyl (C=O) groups excluding carboxylic acids is 1. The van der Waals surface area contributed by atoms with Gasteiger partial charge in [-0.3, -0.25) is 14.3 Å². The monoisotopic (exact) mass is 328 g/mol. The second-order valence-corrected chi connectivity index (χ2v) is 9.07. The molecule has 4 unspecified atom stereocenters. The molecule has 1 aromatic heterocycles. The van der Waals surface area contributed by atoms with Crippen LogP contribution in [0.25, 0.3) is 0 Å². The highest BCUT2D eigenvalue weighted by atomic mass is 32.2. The van der Waals surface area contributed by atoms with Crippen molar-refractivity contribution in [3.63, 3.8) is 0 Å². The average molecular weight is 329 g/mol. The molecule has 21 heavy (non-hydrogen) atoms.